The number of carboxylic acid groups (broad SMARTS) is 1. The third kappa shape index (κ3) is 2.01. The number of H-pyrrole nitrogens is 1. The van der Waals surface area contributed by atoms with Crippen molar-refractivity contribution in [3.63, 3.8) is 0 Å². The number of rotatable bonds is 2. The van der Waals surface area contributed by atoms with Crippen LogP contribution in [0, 0.1) is 0 Å². The van der Waals surface area contributed by atoms with E-state index in [1.54, 1.807) is 0 Å². The molecule has 0 saturated carbocycles. The Labute approximate surface area is 66.0 Å². The lowest BCUT2D eigenvalue weighted by atomic mass is 10.5. The molecular weight excluding hydrogens is 166 g/mol. The Balaban J connectivity index is 2.37. The number of amides is 1. The molecule has 64 valence electrons. The second kappa shape index (κ2) is 3.42. The van der Waals surface area contributed by atoms with Crippen LogP contribution in [0.2, 0.25) is 0 Å². The lowest BCUT2D eigenvalue weighted by Gasteiger charge is -1.94. The molecule has 1 aromatic heterocycles. The third-order valence-electron chi connectivity index (χ3n) is 0.991. The summed E-state index contributed by atoms with van der Waals surface area (Å²) in [5.41, 5.74) is 0. The molecule has 1 heterocycles. The maximum absolute atomic E-state index is 10.4. The number of carbonyl (C=O) groups excluding carboxylic acids is 1. The number of carboxylic acids is 1. The molecule has 0 aliphatic carbocycles. The lowest BCUT2D eigenvalue weighted by molar-refractivity contribution is -0.150. The van der Waals surface area contributed by atoms with Gasteiger partial charge in [0.05, 0.1) is 6.54 Å². The molecule has 8 nitrogen and oxygen atoms in total. The summed E-state index contributed by atoms with van der Waals surface area (Å²) in [4.78, 5) is 20.4. The Kier molecular flexibility index (Phi) is 2.31. The number of aromatic amines is 1. The monoisotopic (exact) mass is 171 g/mol. The van der Waals surface area contributed by atoms with Crippen molar-refractivity contribution >= 4 is 11.9 Å². The first-order chi connectivity index (χ1) is 5.70. The molecule has 0 fully saturated rings. The molecule has 1 rings (SSSR count). The summed E-state index contributed by atoms with van der Waals surface area (Å²) in [5, 5.41) is 22.5. The first kappa shape index (κ1) is 8.11. The molecule has 0 unspecified atom stereocenters. The number of aliphatic carboxylic acids is 1. The van der Waals surface area contributed by atoms with Gasteiger partial charge in [-0.05, 0) is 0 Å². The molecule has 0 saturated heterocycles. The van der Waals surface area contributed by atoms with E-state index in [4.69, 9.17) is 5.11 Å². The zero-order valence-corrected chi connectivity index (χ0v) is 5.81. The number of aromatic nitrogens is 4. The minimum absolute atomic E-state index is 0.0539. The molecule has 0 aliphatic rings. The van der Waals surface area contributed by atoms with Crippen LogP contribution in [0.3, 0.4) is 0 Å². The highest BCUT2D eigenvalue weighted by Crippen LogP contribution is 1.80. The number of hydrogen-bond donors (Lipinski definition) is 3. The smallest absolute Gasteiger partial charge is 0.394 e. The summed E-state index contributed by atoms with van der Waals surface area (Å²) in [6, 6.07) is 0. The lowest BCUT2D eigenvalue weighted by Crippen LogP contribution is -2.30. The maximum Gasteiger partial charge on any atom is 0.394 e. The van der Waals surface area contributed by atoms with Crippen molar-refractivity contribution in [3.8, 4) is 0 Å². The fraction of sp³-hybridized carbons (Fsp3) is 0.250. The van der Waals surface area contributed by atoms with Crippen LogP contribution in [0.1, 0.15) is 5.82 Å². The van der Waals surface area contributed by atoms with E-state index < -0.39 is 11.9 Å². The van der Waals surface area contributed by atoms with E-state index in [2.05, 4.69) is 25.9 Å². The van der Waals surface area contributed by atoms with Crippen molar-refractivity contribution in [1.82, 2.24) is 25.9 Å². The van der Waals surface area contributed by atoms with Crippen LogP contribution < -0.4 is 5.32 Å². The highest BCUT2D eigenvalue weighted by atomic mass is 16.4. The van der Waals surface area contributed by atoms with Crippen molar-refractivity contribution in [3.05, 3.63) is 5.82 Å². The van der Waals surface area contributed by atoms with E-state index in [0.29, 0.717) is 0 Å². The first-order valence-corrected chi connectivity index (χ1v) is 2.93. The topological polar surface area (TPSA) is 121 Å². The fourth-order valence-electron chi connectivity index (χ4n) is 0.492. The van der Waals surface area contributed by atoms with Gasteiger partial charge >= 0.3 is 11.9 Å². The second-order valence-corrected chi connectivity index (χ2v) is 1.82. The van der Waals surface area contributed by atoms with Gasteiger partial charge in [0.2, 0.25) is 0 Å². The molecule has 0 aromatic carbocycles. The van der Waals surface area contributed by atoms with Crippen molar-refractivity contribution in [2.75, 3.05) is 0 Å². The summed E-state index contributed by atoms with van der Waals surface area (Å²) in [7, 11) is 0. The fourth-order valence-corrected chi connectivity index (χ4v) is 0.492. The van der Waals surface area contributed by atoms with Gasteiger partial charge in [-0.15, -0.1) is 10.2 Å². The molecule has 0 radical (unpaired) electrons. The quantitative estimate of drug-likeness (QED) is 0.438. The number of carbonyl (C=O) groups is 2. The summed E-state index contributed by atoms with van der Waals surface area (Å²) in [6.45, 7) is -0.0539. The SMILES string of the molecule is O=C(O)C(=O)NCc1nn[nH]n1. The summed E-state index contributed by atoms with van der Waals surface area (Å²) >= 11 is 0. The number of nitrogens with one attached hydrogen (secondary N) is 2. The van der Waals surface area contributed by atoms with Gasteiger partial charge in [-0.25, -0.2) is 4.79 Å². The van der Waals surface area contributed by atoms with Crippen molar-refractivity contribution in [2.45, 2.75) is 6.54 Å². The Hall–Kier alpha value is -1.99. The molecule has 8 heteroatoms. The van der Waals surface area contributed by atoms with Crippen LogP contribution in [0.5, 0.6) is 0 Å². The van der Waals surface area contributed by atoms with E-state index in [1.807, 2.05) is 0 Å². The molecule has 12 heavy (non-hydrogen) atoms. The standard InChI is InChI=1S/C4H5N5O3/c10-3(4(11)12)5-1-2-6-8-9-7-2/h1H2,(H,5,10)(H,11,12)(H,6,7,8,9). The Morgan fingerprint density at radius 3 is 2.83 bits per heavy atom. The summed E-state index contributed by atoms with van der Waals surface area (Å²) in [5.74, 6) is -2.41. The van der Waals surface area contributed by atoms with Gasteiger partial charge < -0.3 is 10.4 Å². The zero-order valence-electron chi connectivity index (χ0n) is 5.81. The van der Waals surface area contributed by atoms with Gasteiger partial charge in [-0.1, -0.05) is 5.21 Å². The van der Waals surface area contributed by atoms with Gasteiger partial charge in [0.15, 0.2) is 5.82 Å². The average molecular weight is 171 g/mol. The van der Waals surface area contributed by atoms with E-state index in [9.17, 15) is 9.59 Å². The molecule has 0 atom stereocenters. The Bertz CT molecular complexity index is 281. The maximum atomic E-state index is 10.4. The predicted octanol–water partition coefficient (Wildman–Crippen LogP) is -2.10. The molecule has 1 amide bonds. The van der Waals surface area contributed by atoms with Crippen molar-refractivity contribution in [2.24, 2.45) is 0 Å². The molecule has 0 aliphatic heterocycles. The molecule has 0 spiro atoms. The molecular formula is C4H5N5O3. The number of hydrogen-bond acceptors (Lipinski definition) is 5. The molecule has 1 aromatic rings. The number of tetrazole rings is 1. The summed E-state index contributed by atoms with van der Waals surface area (Å²) < 4.78 is 0. The van der Waals surface area contributed by atoms with Crippen LogP contribution in [-0.4, -0.2) is 37.6 Å². The van der Waals surface area contributed by atoms with Gasteiger partial charge in [0, 0.05) is 0 Å². The van der Waals surface area contributed by atoms with Gasteiger partial charge in [0.25, 0.3) is 0 Å². The summed E-state index contributed by atoms with van der Waals surface area (Å²) in [6.07, 6.45) is 0. The number of nitrogens with zero attached hydrogens (tertiary/aromatic N) is 3. The average Bonchev–Trinajstić information content (AvgIpc) is 2.51. The van der Waals surface area contributed by atoms with Crippen LogP contribution in [-0.2, 0) is 16.1 Å². The highest BCUT2D eigenvalue weighted by molar-refractivity contribution is 6.31. The molecule has 3 N–H and O–H groups in total. The zero-order chi connectivity index (χ0) is 8.97. The van der Waals surface area contributed by atoms with Crippen LogP contribution >= 0.6 is 0 Å². The normalized spacial score (nSPS) is 9.33. The largest absolute Gasteiger partial charge is 0.474 e. The Morgan fingerprint density at radius 2 is 2.33 bits per heavy atom. The third-order valence-corrected chi connectivity index (χ3v) is 0.991. The van der Waals surface area contributed by atoms with E-state index >= 15 is 0 Å². The van der Waals surface area contributed by atoms with Crippen LogP contribution in [0.25, 0.3) is 0 Å². The second-order valence-electron chi connectivity index (χ2n) is 1.82. The van der Waals surface area contributed by atoms with Crippen molar-refractivity contribution in [1.29, 1.82) is 0 Å². The van der Waals surface area contributed by atoms with Crippen molar-refractivity contribution < 1.29 is 14.7 Å². The van der Waals surface area contributed by atoms with E-state index in [-0.39, 0.29) is 12.4 Å². The first-order valence-electron chi connectivity index (χ1n) is 2.93. The van der Waals surface area contributed by atoms with Gasteiger partial charge in [0.1, 0.15) is 0 Å². The molecule has 0 bridgehead atoms. The predicted molar refractivity (Wildman–Crippen MR) is 33.7 cm³/mol. The minimum Gasteiger partial charge on any atom is -0.474 e. The van der Waals surface area contributed by atoms with E-state index in [1.165, 1.54) is 0 Å². The van der Waals surface area contributed by atoms with Gasteiger partial charge in [-0.2, -0.15) is 5.21 Å². The van der Waals surface area contributed by atoms with Gasteiger partial charge in [-0.3, -0.25) is 4.79 Å². The highest BCUT2D eigenvalue weighted by Gasteiger charge is 2.10. The Morgan fingerprint density at radius 1 is 1.58 bits per heavy atom. The van der Waals surface area contributed by atoms with Crippen LogP contribution in [0.15, 0.2) is 0 Å². The van der Waals surface area contributed by atoms with E-state index in [0.717, 1.165) is 0 Å². The minimum atomic E-state index is -1.54. The van der Waals surface area contributed by atoms with Crippen LogP contribution in [0.4, 0.5) is 0 Å².